The highest BCUT2D eigenvalue weighted by atomic mass is 16.6. The first-order chi connectivity index (χ1) is 12.5. The average molecular weight is 366 g/mol. The van der Waals surface area contributed by atoms with Crippen molar-refractivity contribution in [2.75, 3.05) is 39.3 Å². The molecule has 1 saturated carbocycles. The second-order valence-corrected chi connectivity index (χ2v) is 7.03. The Balaban J connectivity index is 1.54. The third-order valence-corrected chi connectivity index (χ3v) is 5.40. The zero-order valence-corrected chi connectivity index (χ0v) is 15.2. The van der Waals surface area contributed by atoms with Crippen molar-refractivity contribution < 1.29 is 23.9 Å². The summed E-state index contributed by atoms with van der Waals surface area (Å²) in [4.78, 5) is 53.4. The van der Waals surface area contributed by atoms with Crippen molar-refractivity contribution in [1.82, 2.24) is 20.0 Å². The van der Waals surface area contributed by atoms with E-state index in [1.807, 2.05) is 0 Å². The molecule has 2 saturated heterocycles. The van der Waals surface area contributed by atoms with Crippen LogP contribution in [0.2, 0.25) is 0 Å². The minimum atomic E-state index is -0.807. The number of hydrogen-bond acceptors (Lipinski definition) is 5. The van der Waals surface area contributed by atoms with Crippen molar-refractivity contribution in [3.8, 4) is 0 Å². The maximum absolute atomic E-state index is 12.7. The lowest BCUT2D eigenvalue weighted by molar-refractivity contribution is -0.140. The van der Waals surface area contributed by atoms with E-state index in [0.29, 0.717) is 45.6 Å². The van der Waals surface area contributed by atoms with Crippen LogP contribution in [0.25, 0.3) is 0 Å². The first-order valence-electron chi connectivity index (χ1n) is 9.30. The number of carbonyl (C=O) groups excluding carboxylic acids is 4. The van der Waals surface area contributed by atoms with Crippen molar-refractivity contribution in [2.45, 2.75) is 44.6 Å². The molecule has 3 fully saturated rings. The second-order valence-electron chi connectivity index (χ2n) is 7.03. The number of urea groups is 1. The monoisotopic (exact) mass is 366 g/mol. The lowest BCUT2D eigenvalue weighted by atomic mass is 9.82. The Kier molecular flexibility index (Phi) is 5.33. The van der Waals surface area contributed by atoms with Crippen molar-refractivity contribution in [3.63, 3.8) is 0 Å². The highest BCUT2D eigenvalue weighted by molar-refractivity contribution is 6.09. The van der Waals surface area contributed by atoms with Gasteiger partial charge in [-0.25, -0.2) is 9.59 Å². The molecule has 1 spiro atoms. The van der Waals surface area contributed by atoms with Gasteiger partial charge in [0.25, 0.3) is 5.91 Å². The molecule has 144 valence electrons. The van der Waals surface area contributed by atoms with Crippen molar-refractivity contribution >= 4 is 23.9 Å². The standard InChI is InChI=1S/C17H26N4O5/c1-2-26-16(25)20-10-8-19(9-11-20)13(22)12-21-14(23)17(18-15(21)24)6-4-3-5-7-17/h2-12H2,1H3,(H,18,24). The van der Waals surface area contributed by atoms with Gasteiger partial charge in [0, 0.05) is 26.2 Å². The molecule has 3 rings (SSSR count). The Morgan fingerprint density at radius 1 is 1.04 bits per heavy atom. The van der Waals surface area contributed by atoms with Gasteiger partial charge in [0.1, 0.15) is 12.1 Å². The Morgan fingerprint density at radius 3 is 2.27 bits per heavy atom. The molecule has 0 aromatic carbocycles. The fourth-order valence-electron chi connectivity index (χ4n) is 3.90. The number of nitrogens with one attached hydrogen (secondary N) is 1. The number of hydrogen-bond donors (Lipinski definition) is 1. The first-order valence-corrected chi connectivity index (χ1v) is 9.30. The Hall–Kier alpha value is -2.32. The number of amides is 5. The van der Waals surface area contributed by atoms with Crippen molar-refractivity contribution in [2.24, 2.45) is 0 Å². The summed E-state index contributed by atoms with van der Waals surface area (Å²) in [6.07, 6.45) is 3.77. The minimum Gasteiger partial charge on any atom is -0.450 e. The molecule has 0 aromatic rings. The maximum atomic E-state index is 12.7. The lowest BCUT2D eigenvalue weighted by Gasteiger charge is -2.34. The minimum absolute atomic E-state index is 0.244. The molecule has 1 aliphatic carbocycles. The zero-order valence-electron chi connectivity index (χ0n) is 15.2. The van der Waals surface area contributed by atoms with E-state index >= 15 is 0 Å². The van der Waals surface area contributed by atoms with Crippen LogP contribution in [0.1, 0.15) is 39.0 Å². The Bertz CT molecular complexity index is 594. The van der Waals surface area contributed by atoms with Gasteiger partial charge in [-0.05, 0) is 19.8 Å². The van der Waals surface area contributed by atoms with Crippen LogP contribution < -0.4 is 5.32 Å². The fourth-order valence-corrected chi connectivity index (χ4v) is 3.90. The summed E-state index contributed by atoms with van der Waals surface area (Å²) in [6.45, 7) is 3.31. The van der Waals surface area contributed by atoms with Crippen LogP contribution in [0.15, 0.2) is 0 Å². The van der Waals surface area contributed by atoms with Crippen LogP contribution in [0.3, 0.4) is 0 Å². The SMILES string of the molecule is CCOC(=O)N1CCN(C(=O)CN2C(=O)NC3(CCCCC3)C2=O)CC1. The predicted octanol–water partition coefficient (Wildman–Crippen LogP) is 0.542. The van der Waals surface area contributed by atoms with Gasteiger partial charge in [0.05, 0.1) is 6.61 Å². The van der Waals surface area contributed by atoms with E-state index in [1.165, 1.54) is 0 Å². The molecular weight excluding hydrogens is 340 g/mol. The molecule has 0 unspecified atom stereocenters. The van der Waals surface area contributed by atoms with Gasteiger partial charge in [-0.1, -0.05) is 19.3 Å². The molecular formula is C17H26N4O5. The molecule has 0 bridgehead atoms. The summed E-state index contributed by atoms with van der Waals surface area (Å²) in [6, 6.07) is -0.476. The third-order valence-electron chi connectivity index (χ3n) is 5.40. The number of piperazine rings is 1. The van der Waals surface area contributed by atoms with E-state index in [4.69, 9.17) is 4.74 Å². The normalized spacial score (nSPS) is 22.6. The summed E-state index contributed by atoms with van der Waals surface area (Å²) in [5, 5.41) is 2.81. The lowest BCUT2D eigenvalue weighted by Crippen LogP contribution is -2.53. The van der Waals surface area contributed by atoms with Crippen molar-refractivity contribution in [3.05, 3.63) is 0 Å². The van der Waals surface area contributed by atoms with Crippen LogP contribution in [-0.2, 0) is 14.3 Å². The van der Waals surface area contributed by atoms with Gasteiger partial charge in [-0.15, -0.1) is 0 Å². The quantitative estimate of drug-likeness (QED) is 0.735. The van der Waals surface area contributed by atoms with Crippen LogP contribution in [0.4, 0.5) is 9.59 Å². The van der Waals surface area contributed by atoms with Gasteiger partial charge in [0.2, 0.25) is 5.91 Å². The maximum Gasteiger partial charge on any atom is 0.409 e. The second kappa shape index (κ2) is 7.51. The summed E-state index contributed by atoms with van der Waals surface area (Å²) in [5.74, 6) is -0.550. The summed E-state index contributed by atoms with van der Waals surface area (Å²) < 4.78 is 4.95. The van der Waals surface area contributed by atoms with E-state index in [9.17, 15) is 19.2 Å². The van der Waals surface area contributed by atoms with E-state index in [1.54, 1.807) is 16.7 Å². The van der Waals surface area contributed by atoms with Gasteiger partial charge < -0.3 is 19.9 Å². The molecule has 2 heterocycles. The smallest absolute Gasteiger partial charge is 0.409 e. The summed E-state index contributed by atoms with van der Waals surface area (Å²) >= 11 is 0. The van der Waals surface area contributed by atoms with Crippen LogP contribution in [-0.4, -0.2) is 83.5 Å². The highest BCUT2D eigenvalue weighted by Crippen LogP contribution is 2.33. The number of nitrogens with zero attached hydrogens (tertiary/aromatic N) is 3. The molecule has 0 radical (unpaired) electrons. The molecule has 2 aliphatic heterocycles. The number of ether oxygens (including phenoxy) is 1. The van der Waals surface area contributed by atoms with E-state index in [2.05, 4.69) is 5.32 Å². The molecule has 26 heavy (non-hydrogen) atoms. The third kappa shape index (κ3) is 3.47. The van der Waals surface area contributed by atoms with E-state index in [0.717, 1.165) is 24.2 Å². The molecule has 1 N–H and O–H groups in total. The molecule has 3 aliphatic rings. The van der Waals surface area contributed by atoms with Gasteiger partial charge >= 0.3 is 12.1 Å². The summed E-state index contributed by atoms with van der Waals surface area (Å²) in [5.41, 5.74) is -0.807. The summed E-state index contributed by atoms with van der Waals surface area (Å²) in [7, 11) is 0. The molecule has 0 atom stereocenters. The van der Waals surface area contributed by atoms with Crippen LogP contribution in [0.5, 0.6) is 0 Å². The molecule has 9 heteroatoms. The van der Waals surface area contributed by atoms with Gasteiger partial charge in [-0.2, -0.15) is 0 Å². The number of rotatable bonds is 3. The number of carbonyl (C=O) groups is 4. The Labute approximate surface area is 152 Å². The van der Waals surface area contributed by atoms with Gasteiger partial charge in [-0.3, -0.25) is 14.5 Å². The molecule has 5 amide bonds. The van der Waals surface area contributed by atoms with Gasteiger partial charge in [0.15, 0.2) is 0 Å². The highest BCUT2D eigenvalue weighted by Gasteiger charge is 2.51. The molecule has 9 nitrogen and oxygen atoms in total. The number of imide groups is 1. The van der Waals surface area contributed by atoms with E-state index < -0.39 is 11.6 Å². The van der Waals surface area contributed by atoms with Crippen LogP contribution >= 0.6 is 0 Å². The Morgan fingerprint density at radius 2 is 1.65 bits per heavy atom. The van der Waals surface area contributed by atoms with Crippen LogP contribution in [0, 0.1) is 0 Å². The molecule has 0 aromatic heterocycles. The van der Waals surface area contributed by atoms with E-state index in [-0.39, 0.29) is 24.5 Å². The van der Waals surface area contributed by atoms with Crippen molar-refractivity contribution in [1.29, 1.82) is 0 Å². The zero-order chi connectivity index (χ0) is 18.7. The first kappa shape index (κ1) is 18.5. The predicted molar refractivity (Wildman–Crippen MR) is 91.2 cm³/mol. The average Bonchev–Trinajstić information content (AvgIpc) is 2.86. The fraction of sp³-hybridized carbons (Fsp3) is 0.765. The largest absolute Gasteiger partial charge is 0.450 e. The topological polar surface area (TPSA) is 99.3 Å².